The molecule has 0 bridgehead atoms. The van der Waals surface area contributed by atoms with Gasteiger partial charge in [-0.15, -0.1) is 0 Å². The molecular formula is C18H21N3. The van der Waals surface area contributed by atoms with Crippen molar-refractivity contribution in [3.8, 4) is 0 Å². The van der Waals surface area contributed by atoms with Gasteiger partial charge in [-0.05, 0) is 38.5 Å². The van der Waals surface area contributed by atoms with Gasteiger partial charge in [-0.3, -0.25) is 4.40 Å². The number of nitrogens with two attached hydrogens (primary N) is 1. The number of imidazole rings is 1. The number of benzene rings is 1. The number of hydrogen-bond donors (Lipinski definition) is 1. The fourth-order valence-corrected chi connectivity index (χ4v) is 2.94. The van der Waals surface area contributed by atoms with Crippen molar-refractivity contribution in [1.29, 1.82) is 0 Å². The first-order chi connectivity index (χ1) is 10.1. The molecule has 2 heterocycles. The Morgan fingerprint density at radius 1 is 1.14 bits per heavy atom. The average molecular weight is 279 g/mol. The summed E-state index contributed by atoms with van der Waals surface area (Å²) in [5.41, 5.74) is 13.1. The second-order valence-electron chi connectivity index (χ2n) is 5.76. The van der Waals surface area contributed by atoms with Gasteiger partial charge in [-0.1, -0.05) is 35.9 Å². The maximum atomic E-state index is 6.22. The van der Waals surface area contributed by atoms with Crippen LogP contribution in [0.15, 0.2) is 42.5 Å². The van der Waals surface area contributed by atoms with E-state index in [0.717, 1.165) is 23.5 Å². The lowest BCUT2D eigenvalue weighted by molar-refractivity contribution is 0.748. The summed E-state index contributed by atoms with van der Waals surface area (Å²) in [5.74, 6) is 0. The third kappa shape index (κ3) is 2.57. The summed E-state index contributed by atoms with van der Waals surface area (Å²) < 4.78 is 2.18. The van der Waals surface area contributed by atoms with Crippen LogP contribution in [0.1, 0.15) is 41.2 Å². The Labute approximate surface area is 125 Å². The van der Waals surface area contributed by atoms with Crippen molar-refractivity contribution in [3.05, 3.63) is 70.7 Å². The Balaban J connectivity index is 2.14. The van der Waals surface area contributed by atoms with Crippen molar-refractivity contribution in [1.82, 2.24) is 9.38 Å². The summed E-state index contributed by atoms with van der Waals surface area (Å²) >= 11 is 0. The van der Waals surface area contributed by atoms with E-state index in [1.54, 1.807) is 0 Å². The third-order valence-corrected chi connectivity index (χ3v) is 3.84. The molecule has 2 aromatic heterocycles. The van der Waals surface area contributed by atoms with Gasteiger partial charge < -0.3 is 5.73 Å². The molecule has 0 radical (unpaired) electrons. The van der Waals surface area contributed by atoms with Gasteiger partial charge in [0.05, 0.1) is 11.4 Å². The van der Waals surface area contributed by atoms with E-state index in [9.17, 15) is 0 Å². The van der Waals surface area contributed by atoms with Crippen LogP contribution >= 0.6 is 0 Å². The van der Waals surface area contributed by atoms with E-state index >= 15 is 0 Å². The van der Waals surface area contributed by atoms with Crippen LogP contribution < -0.4 is 5.73 Å². The lowest BCUT2D eigenvalue weighted by Gasteiger charge is -2.11. The zero-order valence-corrected chi connectivity index (χ0v) is 12.8. The van der Waals surface area contributed by atoms with Crippen LogP contribution in [0.2, 0.25) is 0 Å². The van der Waals surface area contributed by atoms with Gasteiger partial charge >= 0.3 is 0 Å². The Morgan fingerprint density at radius 2 is 1.90 bits per heavy atom. The van der Waals surface area contributed by atoms with Crippen LogP contribution in [0.25, 0.3) is 5.65 Å². The van der Waals surface area contributed by atoms with Crippen molar-refractivity contribution in [2.45, 2.75) is 33.2 Å². The summed E-state index contributed by atoms with van der Waals surface area (Å²) in [6, 6.07) is 14.7. The molecule has 3 nitrogen and oxygen atoms in total. The monoisotopic (exact) mass is 279 g/mol. The van der Waals surface area contributed by atoms with Crippen LogP contribution in [0.4, 0.5) is 0 Å². The summed E-state index contributed by atoms with van der Waals surface area (Å²) in [7, 11) is 0. The summed E-state index contributed by atoms with van der Waals surface area (Å²) in [5, 5.41) is 0. The van der Waals surface area contributed by atoms with Gasteiger partial charge in [0.15, 0.2) is 0 Å². The van der Waals surface area contributed by atoms with Gasteiger partial charge in [0.25, 0.3) is 0 Å². The molecule has 0 saturated heterocycles. The van der Waals surface area contributed by atoms with Gasteiger partial charge in [0.1, 0.15) is 5.65 Å². The first-order valence-corrected chi connectivity index (χ1v) is 7.34. The number of fused-ring (bicyclic) bond motifs is 1. The number of aryl methyl sites for hydroxylation is 2. The fraction of sp³-hybridized carbons (Fsp3) is 0.278. The minimum atomic E-state index is -0.0408. The first-order valence-electron chi connectivity index (χ1n) is 7.34. The van der Waals surface area contributed by atoms with E-state index in [4.69, 9.17) is 10.7 Å². The SMILES string of the molecule is Cc1cccc(Cc2nc3cccc(C)n3c2C(C)N)c1. The number of hydrogen-bond acceptors (Lipinski definition) is 2. The summed E-state index contributed by atoms with van der Waals surface area (Å²) in [6.45, 7) is 6.23. The molecule has 1 atom stereocenters. The standard InChI is InChI=1S/C18H21N3/c1-12-6-4-8-15(10-12)11-16-18(14(3)19)21-13(2)7-5-9-17(21)20-16/h4-10,14H,11,19H2,1-3H3. The Hall–Kier alpha value is -2.13. The predicted molar refractivity (Wildman–Crippen MR) is 86.5 cm³/mol. The highest BCUT2D eigenvalue weighted by Crippen LogP contribution is 2.23. The topological polar surface area (TPSA) is 43.3 Å². The van der Waals surface area contributed by atoms with Crippen molar-refractivity contribution in [3.63, 3.8) is 0 Å². The Bertz CT molecular complexity index is 784. The molecule has 0 saturated carbocycles. The van der Waals surface area contributed by atoms with E-state index in [1.807, 2.05) is 19.1 Å². The van der Waals surface area contributed by atoms with Crippen LogP contribution in [0.5, 0.6) is 0 Å². The number of aromatic nitrogens is 2. The lowest BCUT2D eigenvalue weighted by atomic mass is 10.0. The highest BCUT2D eigenvalue weighted by molar-refractivity contribution is 5.47. The number of rotatable bonds is 3. The highest BCUT2D eigenvalue weighted by atomic mass is 15.0. The van der Waals surface area contributed by atoms with E-state index in [0.29, 0.717) is 0 Å². The molecular weight excluding hydrogens is 258 g/mol. The summed E-state index contributed by atoms with van der Waals surface area (Å²) in [4.78, 5) is 4.80. The Kier molecular flexibility index (Phi) is 3.52. The lowest BCUT2D eigenvalue weighted by Crippen LogP contribution is -2.12. The van der Waals surface area contributed by atoms with Crippen molar-refractivity contribution in [2.75, 3.05) is 0 Å². The van der Waals surface area contributed by atoms with Crippen LogP contribution in [-0.4, -0.2) is 9.38 Å². The second-order valence-corrected chi connectivity index (χ2v) is 5.76. The maximum absolute atomic E-state index is 6.22. The fourth-order valence-electron chi connectivity index (χ4n) is 2.94. The van der Waals surface area contributed by atoms with E-state index in [2.05, 4.69) is 48.6 Å². The predicted octanol–water partition coefficient (Wildman–Crippen LogP) is 3.56. The summed E-state index contributed by atoms with van der Waals surface area (Å²) in [6.07, 6.45) is 0.819. The third-order valence-electron chi connectivity index (χ3n) is 3.84. The Morgan fingerprint density at radius 3 is 2.62 bits per heavy atom. The molecule has 0 spiro atoms. The average Bonchev–Trinajstić information content (AvgIpc) is 2.78. The second kappa shape index (κ2) is 5.34. The zero-order valence-electron chi connectivity index (χ0n) is 12.8. The van der Waals surface area contributed by atoms with Gasteiger partial charge in [-0.25, -0.2) is 4.98 Å². The molecule has 0 aliphatic heterocycles. The molecule has 108 valence electrons. The van der Waals surface area contributed by atoms with Crippen molar-refractivity contribution < 1.29 is 0 Å². The maximum Gasteiger partial charge on any atom is 0.137 e. The van der Waals surface area contributed by atoms with Crippen molar-refractivity contribution in [2.24, 2.45) is 5.73 Å². The molecule has 21 heavy (non-hydrogen) atoms. The molecule has 1 aromatic carbocycles. The van der Waals surface area contributed by atoms with Gasteiger partial charge in [0, 0.05) is 18.2 Å². The van der Waals surface area contributed by atoms with Crippen LogP contribution in [0, 0.1) is 13.8 Å². The van der Waals surface area contributed by atoms with Gasteiger partial charge in [-0.2, -0.15) is 0 Å². The molecule has 0 aliphatic carbocycles. The minimum absolute atomic E-state index is 0.0408. The van der Waals surface area contributed by atoms with Crippen LogP contribution in [0.3, 0.4) is 0 Å². The molecule has 1 unspecified atom stereocenters. The quantitative estimate of drug-likeness (QED) is 0.796. The number of nitrogens with zero attached hydrogens (tertiary/aromatic N) is 2. The molecule has 0 fully saturated rings. The van der Waals surface area contributed by atoms with Crippen LogP contribution in [-0.2, 0) is 6.42 Å². The molecule has 0 aliphatic rings. The normalized spacial score (nSPS) is 12.8. The molecule has 3 aromatic rings. The van der Waals surface area contributed by atoms with E-state index < -0.39 is 0 Å². The largest absolute Gasteiger partial charge is 0.323 e. The smallest absolute Gasteiger partial charge is 0.137 e. The van der Waals surface area contributed by atoms with Crippen molar-refractivity contribution >= 4 is 5.65 Å². The first kappa shape index (κ1) is 13.8. The molecule has 0 amide bonds. The van der Waals surface area contributed by atoms with E-state index in [1.165, 1.54) is 16.8 Å². The molecule has 3 heteroatoms. The number of pyridine rings is 1. The highest BCUT2D eigenvalue weighted by Gasteiger charge is 2.16. The van der Waals surface area contributed by atoms with E-state index in [-0.39, 0.29) is 6.04 Å². The zero-order chi connectivity index (χ0) is 15.0. The molecule has 2 N–H and O–H groups in total. The molecule has 3 rings (SSSR count). The van der Waals surface area contributed by atoms with Gasteiger partial charge in [0.2, 0.25) is 0 Å². The minimum Gasteiger partial charge on any atom is -0.323 e.